The van der Waals surface area contributed by atoms with Gasteiger partial charge in [-0.05, 0) is 44.5 Å². The minimum Gasteiger partial charge on any atom is -0.336 e. The number of nitrogens with one attached hydrogen (secondary N) is 2. The molecular formula is C17H21FN4O2. The summed E-state index contributed by atoms with van der Waals surface area (Å²) in [6, 6.07) is 7.17. The SMILES string of the molecule is Cc1cc(C)n(CCNC(=O)N[C@H](C)c2ccc(F)cc2)c(=O)n1. The molecule has 2 aromatic rings. The van der Waals surface area contributed by atoms with Crippen molar-refractivity contribution in [3.05, 3.63) is 63.6 Å². The van der Waals surface area contributed by atoms with E-state index >= 15 is 0 Å². The molecule has 1 heterocycles. The molecule has 1 atom stereocenters. The number of carbonyl (C=O) groups is 1. The summed E-state index contributed by atoms with van der Waals surface area (Å²) in [4.78, 5) is 27.6. The fraction of sp³-hybridized carbons (Fsp3) is 0.353. The van der Waals surface area contributed by atoms with E-state index in [9.17, 15) is 14.0 Å². The lowest BCUT2D eigenvalue weighted by molar-refractivity contribution is 0.237. The summed E-state index contributed by atoms with van der Waals surface area (Å²) in [5.74, 6) is -0.317. The maximum Gasteiger partial charge on any atom is 0.348 e. The Kier molecular flexibility index (Phi) is 5.68. The van der Waals surface area contributed by atoms with E-state index in [-0.39, 0.29) is 23.6 Å². The first-order chi connectivity index (χ1) is 11.4. The van der Waals surface area contributed by atoms with Crippen molar-refractivity contribution in [2.45, 2.75) is 33.4 Å². The van der Waals surface area contributed by atoms with Crippen molar-refractivity contribution in [2.24, 2.45) is 0 Å². The highest BCUT2D eigenvalue weighted by molar-refractivity contribution is 5.74. The van der Waals surface area contributed by atoms with Crippen LogP contribution in [0.3, 0.4) is 0 Å². The summed E-state index contributed by atoms with van der Waals surface area (Å²) < 4.78 is 14.4. The fourth-order valence-corrected chi connectivity index (χ4v) is 2.41. The molecule has 24 heavy (non-hydrogen) atoms. The van der Waals surface area contributed by atoms with Gasteiger partial charge in [-0.3, -0.25) is 4.57 Å². The molecule has 0 aliphatic carbocycles. The average molecular weight is 332 g/mol. The van der Waals surface area contributed by atoms with E-state index in [1.54, 1.807) is 19.1 Å². The van der Waals surface area contributed by atoms with E-state index in [0.717, 1.165) is 11.3 Å². The van der Waals surface area contributed by atoms with Gasteiger partial charge in [-0.2, -0.15) is 4.98 Å². The van der Waals surface area contributed by atoms with Gasteiger partial charge in [0.05, 0.1) is 6.04 Å². The lowest BCUT2D eigenvalue weighted by atomic mass is 10.1. The number of nitrogens with zero attached hydrogens (tertiary/aromatic N) is 2. The number of hydrogen-bond donors (Lipinski definition) is 2. The van der Waals surface area contributed by atoms with Crippen LogP contribution >= 0.6 is 0 Å². The normalized spacial score (nSPS) is 11.8. The molecule has 1 aromatic heterocycles. The van der Waals surface area contributed by atoms with Crippen LogP contribution in [-0.4, -0.2) is 22.1 Å². The van der Waals surface area contributed by atoms with Gasteiger partial charge in [0, 0.05) is 24.5 Å². The van der Waals surface area contributed by atoms with Gasteiger partial charge >= 0.3 is 11.7 Å². The first-order valence-electron chi connectivity index (χ1n) is 7.71. The van der Waals surface area contributed by atoms with Crippen LogP contribution < -0.4 is 16.3 Å². The van der Waals surface area contributed by atoms with E-state index < -0.39 is 0 Å². The summed E-state index contributed by atoms with van der Waals surface area (Å²) >= 11 is 0. The zero-order valence-electron chi connectivity index (χ0n) is 14.0. The predicted octanol–water partition coefficient (Wildman–Crippen LogP) is 2.06. The molecule has 0 spiro atoms. The van der Waals surface area contributed by atoms with E-state index in [2.05, 4.69) is 15.6 Å². The Balaban J connectivity index is 1.85. The van der Waals surface area contributed by atoms with Crippen molar-refractivity contribution < 1.29 is 9.18 Å². The van der Waals surface area contributed by atoms with Crippen molar-refractivity contribution in [1.29, 1.82) is 0 Å². The van der Waals surface area contributed by atoms with Crippen LogP contribution in [0, 0.1) is 19.7 Å². The van der Waals surface area contributed by atoms with E-state index in [0.29, 0.717) is 18.8 Å². The lowest BCUT2D eigenvalue weighted by Crippen LogP contribution is -2.40. The van der Waals surface area contributed by atoms with E-state index in [1.807, 2.05) is 19.9 Å². The highest BCUT2D eigenvalue weighted by atomic mass is 19.1. The number of rotatable bonds is 5. The Hall–Kier alpha value is -2.70. The standard InChI is InChI=1S/C17H21FN4O2/c1-11-10-12(2)22(17(24)20-11)9-8-19-16(23)21-13(3)14-4-6-15(18)7-5-14/h4-7,10,13H,8-9H2,1-3H3,(H2,19,21,23)/t13-/m1/s1. The lowest BCUT2D eigenvalue weighted by Gasteiger charge is -2.16. The molecule has 7 heteroatoms. The van der Waals surface area contributed by atoms with Crippen LogP contribution in [0.5, 0.6) is 0 Å². The highest BCUT2D eigenvalue weighted by Gasteiger charge is 2.09. The molecule has 2 rings (SSSR count). The first-order valence-corrected chi connectivity index (χ1v) is 7.71. The third-order valence-electron chi connectivity index (χ3n) is 3.69. The molecule has 6 nitrogen and oxygen atoms in total. The van der Waals surface area contributed by atoms with Gasteiger partial charge < -0.3 is 10.6 Å². The molecule has 1 aromatic carbocycles. The second-order valence-corrected chi connectivity index (χ2v) is 5.65. The first kappa shape index (κ1) is 17.7. The van der Waals surface area contributed by atoms with Crippen LogP contribution in [0.25, 0.3) is 0 Å². The van der Waals surface area contributed by atoms with Crippen LogP contribution in [0.15, 0.2) is 35.1 Å². The van der Waals surface area contributed by atoms with Gasteiger partial charge in [-0.25, -0.2) is 14.0 Å². The van der Waals surface area contributed by atoms with E-state index in [4.69, 9.17) is 0 Å². The minimum absolute atomic E-state index is 0.254. The topological polar surface area (TPSA) is 76.0 Å². The average Bonchev–Trinajstić information content (AvgIpc) is 2.50. The summed E-state index contributed by atoms with van der Waals surface area (Å²) in [5.41, 5.74) is 1.96. The largest absolute Gasteiger partial charge is 0.348 e. The van der Waals surface area contributed by atoms with Crippen molar-refractivity contribution >= 4 is 6.03 Å². The molecule has 0 fully saturated rings. The second kappa shape index (κ2) is 7.72. The fourth-order valence-electron chi connectivity index (χ4n) is 2.41. The van der Waals surface area contributed by atoms with Gasteiger partial charge in [-0.1, -0.05) is 12.1 Å². The molecule has 0 aliphatic heterocycles. The maximum absolute atomic E-state index is 12.9. The van der Waals surface area contributed by atoms with Crippen molar-refractivity contribution in [1.82, 2.24) is 20.2 Å². The number of aryl methyl sites for hydroxylation is 2. The van der Waals surface area contributed by atoms with Crippen molar-refractivity contribution in [2.75, 3.05) is 6.54 Å². The number of aromatic nitrogens is 2. The molecule has 0 saturated heterocycles. The Morgan fingerprint density at radius 2 is 1.96 bits per heavy atom. The molecule has 0 bridgehead atoms. The summed E-state index contributed by atoms with van der Waals surface area (Å²) in [5, 5.41) is 5.47. The van der Waals surface area contributed by atoms with Crippen molar-refractivity contribution in [3.8, 4) is 0 Å². The zero-order valence-corrected chi connectivity index (χ0v) is 14.0. The number of carbonyl (C=O) groups excluding carboxylic acids is 1. The smallest absolute Gasteiger partial charge is 0.336 e. The number of amides is 2. The zero-order chi connectivity index (χ0) is 17.7. The second-order valence-electron chi connectivity index (χ2n) is 5.65. The number of hydrogen-bond acceptors (Lipinski definition) is 3. The minimum atomic E-state index is -0.349. The molecule has 0 aliphatic rings. The Morgan fingerprint density at radius 1 is 1.29 bits per heavy atom. The molecule has 0 unspecified atom stereocenters. The number of halogens is 1. The Labute approximate surface area is 139 Å². The van der Waals surface area contributed by atoms with Crippen LogP contribution in [0.4, 0.5) is 9.18 Å². The van der Waals surface area contributed by atoms with Gasteiger partial charge in [0.25, 0.3) is 0 Å². The third kappa shape index (κ3) is 4.65. The highest BCUT2D eigenvalue weighted by Crippen LogP contribution is 2.12. The molecule has 2 amide bonds. The van der Waals surface area contributed by atoms with Gasteiger partial charge in [0.2, 0.25) is 0 Å². The monoisotopic (exact) mass is 332 g/mol. The molecule has 0 radical (unpaired) electrons. The van der Waals surface area contributed by atoms with Crippen LogP contribution in [-0.2, 0) is 6.54 Å². The summed E-state index contributed by atoms with van der Waals surface area (Å²) in [6.45, 7) is 6.04. The molecular weight excluding hydrogens is 311 g/mol. The van der Waals surface area contributed by atoms with E-state index in [1.165, 1.54) is 16.7 Å². The third-order valence-corrected chi connectivity index (χ3v) is 3.69. The van der Waals surface area contributed by atoms with Crippen LogP contribution in [0.1, 0.15) is 29.9 Å². The number of urea groups is 1. The van der Waals surface area contributed by atoms with Gasteiger partial charge in [0.15, 0.2) is 0 Å². The predicted molar refractivity (Wildman–Crippen MR) is 89.3 cm³/mol. The Morgan fingerprint density at radius 3 is 2.58 bits per heavy atom. The quantitative estimate of drug-likeness (QED) is 0.880. The molecule has 0 saturated carbocycles. The van der Waals surface area contributed by atoms with Gasteiger partial charge in [0.1, 0.15) is 5.82 Å². The maximum atomic E-state index is 12.9. The van der Waals surface area contributed by atoms with Crippen molar-refractivity contribution in [3.63, 3.8) is 0 Å². The van der Waals surface area contributed by atoms with Crippen LogP contribution in [0.2, 0.25) is 0 Å². The molecule has 128 valence electrons. The summed E-state index contributed by atoms with van der Waals surface area (Å²) in [7, 11) is 0. The Bertz CT molecular complexity index is 771. The summed E-state index contributed by atoms with van der Waals surface area (Å²) in [6.07, 6.45) is 0. The van der Waals surface area contributed by atoms with Gasteiger partial charge in [-0.15, -0.1) is 0 Å². The molecule has 2 N–H and O–H groups in total. The number of benzene rings is 1.